The third-order valence-corrected chi connectivity index (χ3v) is 2.62. The summed E-state index contributed by atoms with van der Waals surface area (Å²) in [5, 5.41) is 38.6. The Morgan fingerprint density at radius 2 is 1.70 bits per heavy atom. The topological polar surface area (TPSA) is 160 Å². The number of benzene rings is 1. The molecule has 0 amide bonds. The second-order valence-corrected chi connectivity index (χ2v) is 4.64. The lowest BCUT2D eigenvalue weighted by Crippen LogP contribution is -2.85. The fourth-order valence-electron chi connectivity index (χ4n) is 1.47. The van der Waals surface area contributed by atoms with Crippen LogP contribution >= 0.6 is 0 Å². The number of rotatable bonds is 8. The van der Waals surface area contributed by atoms with Gasteiger partial charge in [0.15, 0.2) is 0 Å². The molecular weight excluding hydrogens is 330 g/mol. The highest BCUT2D eigenvalue weighted by Gasteiger charge is 2.18. The Hall–Kier alpha value is -2.21. The molecule has 1 aromatic rings. The van der Waals surface area contributed by atoms with Crippen LogP contribution in [0.2, 0.25) is 0 Å². The number of carbonyl (C=O) groups excluding carboxylic acids is 1. The number of quaternary nitrogens is 1. The van der Waals surface area contributed by atoms with E-state index >= 15 is 0 Å². The minimum atomic E-state index is -0.777. The van der Waals surface area contributed by atoms with E-state index in [-0.39, 0.29) is 25.2 Å². The molecule has 0 fully saturated rings. The molecule has 10 nitrogen and oxygen atoms in total. The van der Waals surface area contributed by atoms with Gasteiger partial charge in [0.25, 0.3) is 11.4 Å². The fraction of sp³-hybridized carbons (Fsp3) is 0.417. The van der Waals surface area contributed by atoms with E-state index in [9.17, 15) is 25.0 Å². The summed E-state index contributed by atoms with van der Waals surface area (Å²) in [6, 6.07) is 3.08. The molecule has 0 unspecified atom stereocenters. The molecular formula is C12H17N3O7S. The van der Waals surface area contributed by atoms with Crippen LogP contribution in [0.4, 0.5) is 11.4 Å². The summed E-state index contributed by atoms with van der Waals surface area (Å²) in [6.45, 7) is 1.78. The Labute approximate surface area is 136 Å². The largest absolute Gasteiger partial charge is 0.742 e. The number of non-ortho nitro benzene ring substituents is 1. The van der Waals surface area contributed by atoms with Crippen molar-refractivity contribution < 1.29 is 30.2 Å². The molecule has 1 rings (SSSR count). The molecule has 0 aliphatic rings. The third-order valence-electron chi connectivity index (χ3n) is 2.48. The smallest absolute Gasteiger partial charge is 0.279 e. The van der Waals surface area contributed by atoms with Crippen LogP contribution in [0.25, 0.3) is 0 Å². The van der Waals surface area contributed by atoms with Gasteiger partial charge >= 0.3 is 0 Å². The predicted octanol–water partition coefficient (Wildman–Crippen LogP) is -1.35. The Morgan fingerprint density at radius 3 is 2.09 bits per heavy atom. The van der Waals surface area contributed by atoms with Crippen LogP contribution in [0.1, 0.15) is 5.56 Å². The first-order chi connectivity index (χ1) is 10.8. The van der Waals surface area contributed by atoms with Crippen LogP contribution in [0.3, 0.4) is 0 Å². The summed E-state index contributed by atoms with van der Waals surface area (Å²) >= 11 is 4.30. The maximum Gasteiger partial charge on any atom is 0.279 e. The summed E-state index contributed by atoms with van der Waals surface area (Å²) in [7, 11) is 0. The van der Waals surface area contributed by atoms with E-state index < -0.39 is 26.3 Å². The standard InChI is InChI=1S/C8H6N2O5S.C4H11NO2/c11-8(16)3-5-1-2-6(9(12)13)4-7(5)10(14)15;6-3-1-5-2-4-7/h1-2,4H,3H2,(H,11,16);5-7H,1-4H2. The van der Waals surface area contributed by atoms with Gasteiger partial charge in [0.05, 0.1) is 42.2 Å². The zero-order valence-corrected chi connectivity index (χ0v) is 12.9. The van der Waals surface area contributed by atoms with Crippen LogP contribution in [0.15, 0.2) is 18.2 Å². The molecule has 0 spiro atoms. The lowest BCUT2D eigenvalue weighted by molar-refractivity contribution is -0.657. The third kappa shape index (κ3) is 8.73. The van der Waals surface area contributed by atoms with Crippen molar-refractivity contribution in [3.05, 3.63) is 44.0 Å². The number of nitrogens with zero attached hydrogens (tertiary/aromatic N) is 2. The molecule has 0 saturated carbocycles. The van der Waals surface area contributed by atoms with Crippen LogP contribution in [-0.2, 0) is 23.8 Å². The summed E-state index contributed by atoms with van der Waals surface area (Å²) in [4.78, 5) is 30.2. The molecule has 0 bridgehead atoms. The van der Waals surface area contributed by atoms with Crippen LogP contribution < -0.4 is 5.32 Å². The minimum Gasteiger partial charge on any atom is -0.742 e. The predicted molar refractivity (Wildman–Crippen MR) is 81.7 cm³/mol. The molecule has 0 heterocycles. The maximum atomic E-state index is 10.7. The average Bonchev–Trinajstić information content (AvgIpc) is 2.47. The Balaban J connectivity index is 0.000000585. The van der Waals surface area contributed by atoms with Gasteiger partial charge in [-0.1, -0.05) is 0 Å². The summed E-state index contributed by atoms with van der Waals surface area (Å²) in [6.07, 6.45) is -0.288. The van der Waals surface area contributed by atoms with E-state index in [0.29, 0.717) is 13.1 Å². The van der Waals surface area contributed by atoms with Crippen molar-refractivity contribution in [2.75, 3.05) is 26.3 Å². The molecule has 0 saturated heterocycles. The second kappa shape index (κ2) is 11.4. The van der Waals surface area contributed by atoms with E-state index in [1.165, 1.54) is 6.07 Å². The van der Waals surface area contributed by atoms with Gasteiger partial charge in [-0.15, -0.1) is 0 Å². The van der Waals surface area contributed by atoms with Gasteiger partial charge in [0.1, 0.15) is 0 Å². The molecule has 0 atom stereocenters. The summed E-state index contributed by atoms with van der Waals surface area (Å²) in [5.74, 6) is 0. The number of carbonyl (C=O) groups is 1. The van der Waals surface area contributed by atoms with Gasteiger partial charge < -0.3 is 33.0 Å². The summed E-state index contributed by atoms with van der Waals surface area (Å²) < 4.78 is 0. The Morgan fingerprint density at radius 1 is 1.13 bits per heavy atom. The van der Waals surface area contributed by atoms with Crippen molar-refractivity contribution >= 4 is 29.1 Å². The van der Waals surface area contributed by atoms with E-state index in [1.807, 2.05) is 5.32 Å². The maximum absolute atomic E-state index is 10.7. The van der Waals surface area contributed by atoms with Crippen LogP contribution in [0, 0.1) is 20.2 Å². The fourth-order valence-corrected chi connectivity index (χ4v) is 1.62. The molecule has 11 heteroatoms. The first-order valence-electron chi connectivity index (χ1n) is 6.48. The van der Waals surface area contributed by atoms with Crippen molar-refractivity contribution in [1.82, 2.24) is 0 Å². The van der Waals surface area contributed by atoms with Crippen LogP contribution in [0.5, 0.6) is 0 Å². The molecule has 23 heavy (non-hydrogen) atoms. The number of nitrogens with two attached hydrogens (primary N) is 1. The molecule has 128 valence electrons. The number of hydrogen-bond donors (Lipinski definition) is 3. The Kier molecular flexibility index (Phi) is 10.3. The van der Waals surface area contributed by atoms with Gasteiger partial charge in [-0.3, -0.25) is 20.2 Å². The number of aliphatic hydroxyl groups is 2. The van der Waals surface area contributed by atoms with E-state index in [1.54, 1.807) is 0 Å². The molecule has 4 N–H and O–H groups in total. The first-order valence-corrected chi connectivity index (χ1v) is 6.89. The van der Waals surface area contributed by atoms with Crippen molar-refractivity contribution in [2.45, 2.75) is 6.42 Å². The molecule has 0 aliphatic heterocycles. The molecule has 0 aliphatic carbocycles. The number of nitro groups is 2. The minimum absolute atomic E-state index is 0.0793. The second-order valence-electron chi connectivity index (χ2n) is 4.19. The number of hydrogen-bond acceptors (Lipinski definition) is 8. The summed E-state index contributed by atoms with van der Waals surface area (Å²) in [5.41, 5.74) is -0.782. The van der Waals surface area contributed by atoms with E-state index in [4.69, 9.17) is 10.2 Å². The zero-order valence-electron chi connectivity index (χ0n) is 12.1. The van der Waals surface area contributed by atoms with Crippen LogP contribution in [-0.4, -0.2) is 51.5 Å². The van der Waals surface area contributed by atoms with Gasteiger partial charge in [0, 0.05) is 23.2 Å². The first kappa shape index (κ1) is 20.8. The van der Waals surface area contributed by atoms with Crippen molar-refractivity contribution in [1.29, 1.82) is 0 Å². The van der Waals surface area contributed by atoms with Gasteiger partial charge in [-0.05, 0) is 6.07 Å². The SMILES string of the molecule is O=C([S-])Cc1ccc([N+](=O)[O-])cc1[N+](=O)[O-].OCC[NH2+]CCO. The number of aliphatic hydroxyl groups excluding tert-OH is 2. The van der Waals surface area contributed by atoms with Crippen molar-refractivity contribution in [3.63, 3.8) is 0 Å². The van der Waals surface area contributed by atoms with Crippen molar-refractivity contribution in [3.8, 4) is 0 Å². The average molecular weight is 347 g/mol. The van der Waals surface area contributed by atoms with E-state index in [0.717, 1.165) is 12.1 Å². The van der Waals surface area contributed by atoms with Gasteiger partial charge in [-0.2, -0.15) is 0 Å². The lowest BCUT2D eigenvalue weighted by Gasteiger charge is -2.04. The number of nitro benzene ring substituents is 2. The highest BCUT2D eigenvalue weighted by Crippen LogP contribution is 2.24. The molecule has 0 radical (unpaired) electrons. The lowest BCUT2D eigenvalue weighted by atomic mass is 10.1. The van der Waals surface area contributed by atoms with Gasteiger partial charge in [0.2, 0.25) is 0 Å². The zero-order chi connectivity index (χ0) is 17.8. The molecule has 1 aromatic carbocycles. The van der Waals surface area contributed by atoms with E-state index in [2.05, 4.69) is 12.6 Å². The highest BCUT2D eigenvalue weighted by atomic mass is 32.1. The highest BCUT2D eigenvalue weighted by molar-refractivity contribution is 7.77. The Bertz CT molecular complexity index is 549. The normalized spacial score (nSPS) is 9.65. The van der Waals surface area contributed by atoms with Gasteiger partial charge in [-0.25, -0.2) is 0 Å². The molecule has 0 aromatic heterocycles. The quantitative estimate of drug-likeness (QED) is 0.225. The van der Waals surface area contributed by atoms with Crippen molar-refractivity contribution in [2.24, 2.45) is 0 Å². The monoisotopic (exact) mass is 347 g/mol.